The van der Waals surface area contributed by atoms with E-state index in [0.717, 1.165) is 56.0 Å². The van der Waals surface area contributed by atoms with Gasteiger partial charge in [0.1, 0.15) is 17.7 Å². The van der Waals surface area contributed by atoms with Gasteiger partial charge in [0.05, 0.1) is 16.9 Å². The maximum Gasteiger partial charge on any atom is 0.261 e. The first-order valence-electron chi connectivity index (χ1n) is 13.3. The van der Waals surface area contributed by atoms with Crippen molar-refractivity contribution in [3.05, 3.63) is 70.3 Å². The molecule has 1 saturated heterocycles. The molecule has 36 heavy (non-hydrogen) atoms. The molecular weight excluding hydrogens is 450 g/mol. The van der Waals surface area contributed by atoms with E-state index in [1.807, 2.05) is 50.5 Å². The fourth-order valence-corrected chi connectivity index (χ4v) is 5.41. The zero-order valence-electron chi connectivity index (χ0n) is 22.3. The average molecular weight is 492 g/mol. The first-order valence-corrected chi connectivity index (χ1v) is 13.3. The van der Waals surface area contributed by atoms with Crippen LogP contribution in [0.2, 0.25) is 0 Å². The Morgan fingerprint density at radius 2 is 1.83 bits per heavy atom. The highest BCUT2D eigenvalue weighted by atomic mass is 16.5. The molecule has 194 valence electrons. The molecule has 7 heteroatoms. The first-order chi connectivity index (χ1) is 17.4. The highest BCUT2D eigenvalue weighted by molar-refractivity contribution is 5.79. The fraction of sp³-hybridized carbons (Fsp3) is 0.517. The van der Waals surface area contributed by atoms with E-state index < -0.39 is 0 Å². The number of benzene rings is 2. The predicted molar refractivity (Wildman–Crippen MR) is 147 cm³/mol. The third kappa shape index (κ3) is 5.97. The van der Waals surface area contributed by atoms with Crippen LogP contribution in [-0.4, -0.2) is 53.2 Å². The second kappa shape index (κ2) is 12.0. The van der Waals surface area contributed by atoms with Crippen molar-refractivity contribution in [3.63, 3.8) is 0 Å². The normalized spacial score (nSPS) is 20.4. The second-order valence-electron chi connectivity index (χ2n) is 10.1. The van der Waals surface area contributed by atoms with E-state index in [2.05, 4.69) is 48.4 Å². The number of piperazine rings is 1. The van der Waals surface area contributed by atoms with Crippen molar-refractivity contribution >= 4 is 10.9 Å². The van der Waals surface area contributed by atoms with E-state index >= 15 is 0 Å². The fourth-order valence-electron chi connectivity index (χ4n) is 5.41. The predicted octanol–water partition coefficient (Wildman–Crippen LogP) is 4.19. The van der Waals surface area contributed by atoms with Gasteiger partial charge in [-0.15, -0.1) is 0 Å². The van der Waals surface area contributed by atoms with Crippen LogP contribution in [0.5, 0.6) is 5.75 Å². The summed E-state index contributed by atoms with van der Waals surface area (Å²) in [6.07, 6.45) is 2.74. The number of aromatic nitrogens is 2. The number of hydrogen-bond acceptors (Lipinski definition) is 6. The van der Waals surface area contributed by atoms with E-state index in [-0.39, 0.29) is 17.7 Å². The molecule has 2 heterocycles. The standard InChI is InChI=1S/C29H41N5O2/c1-6-10-26(34-18-20(2)31-21(3)19-34)28-32-25-17-23(13-14-24(25)29(35)33(28)5)36-27(15-16-30-4)22-11-8-7-9-12-22/h7-9,11-14,17,20-21,26-27,30-31H,6,10,15-16,18-19H2,1-5H3/t20-,21+,26?,27?. The highest BCUT2D eigenvalue weighted by Gasteiger charge is 2.30. The molecular formula is C29H41N5O2. The SMILES string of the molecule is CCCC(c1nc2cc(OC(CCNC)c3ccccc3)ccc2c(=O)n1C)N1C[C@@H](C)N[C@@H](C)C1. The quantitative estimate of drug-likeness (QED) is 0.443. The van der Waals surface area contributed by atoms with Gasteiger partial charge in [-0.1, -0.05) is 43.7 Å². The molecule has 2 unspecified atom stereocenters. The van der Waals surface area contributed by atoms with Crippen molar-refractivity contribution < 1.29 is 4.74 Å². The summed E-state index contributed by atoms with van der Waals surface area (Å²) >= 11 is 0. The Morgan fingerprint density at radius 3 is 2.50 bits per heavy atom. The van der Waals surface area contributed by atoms with Gasteiger partial charge < -0.3 is 15.4 Å². The van der Waals surface area contributed by atoms with Gasteiger partial charge in [-0.2, -0.15) is 0 Å². The molecule has 0 bridgehead atoms. The van der Waals surface area contributed by atoms with Crippen molar-refractivity contribution in [2.45, 2.75) is 64.3 Å². The lowest BCUT2D eigenvalue weighted by atomic mass is 10.0. The Morgan fingerprint density at radius 1 is 1.11 bits per heavy atom. The molecule has 1 aliphatic rings. The topological polar surface area (TPSA) is 71.4 Å². The molecule has 2 aromatic carbocycles. The minimum Gasteiger partial charge on any atom is -0.486 e. The van der Waals surface area contributed by atoms with Crippen molar-refractivity contribution in [2.75, 3.05) is 26.7 Å². The van der Waals surface area contributed by atoms with Crippen molar-refractivity contribution in [3.8, 4) is 5.75 Å². The number of nitrogens with one attached hydrogen (secondary N) is 2. The van der Waals surface area contributed by atoms with Gasteiger partial charge in [0.25, 0.3) is 5.56 Å². The third-order valence-corrected chi connectivity index (χ3v) is 7.08. The molecule has 1 aromatic heterocycles. The summed E-state index contributed by atoms with van der Waals surface area (Å²) in [7, 11) is 3.81. The van der Waals surface area contributed by atoms with E-state index in [9.17, 15) is 4.79 Å². The van der Waals surface area contributed by atoms with E-state index in [1.54, 1.807) is 4.57 Å². The van der Waals surface area contributed by atoms with E-state index in [1.165, 1.54) is 0 Å². The van der Waals surface area contributed by atoms with Crippen LogP contribution in [-0.2, 0) is 7.05 Å². The molecule has 0 amide bonds. The molecule has 1 fully saturated rings. The Labute approximate surface area is 214 Å². The lowest BCUT2D eigenvalue weighted by molar-refractivity contribution is 0.109. The minimum absolute atomic E-state index is 0.00585. The van der Waals surface area contributed by atoms with Crippen LogP contribution in [0.4, 0.5) is 0 Å². The highest BCUT2D eigenvalue weighted by Crippen LogP contribution is 2.29. The Bertz CT molecular complexity index is 1190. The molecule has 0 saturated carbocycles. The number of ether oxygens (including phenoxy) is 1. The van der Waals surface area contributed by atoms with Gasteiger partial charge in [-0.05, 0) is 51.6 Å². The number of hydrogen-bond donors (Lipinski definition) is 2. The lowest BCUT2D eigenvalue weighted by Crippen LogP contribution is -2.55. The number of fused-ring (bicyclic) bond motifs is 1. The molecule has 1 aliphatic heterocycles. The van der Waals surface area contributed by atoms with E-state index in [4.69, 9.17) is 9.72 Å². The van der Waals surface area contributed by atoms with Gasteiger partial charge in [0.2, 0.25) is 0 Å². The Balaban J connectivity index is 1.70. The van der Waals surface area contributed by atoms with Crippen LogP contribution in [0.25, 0.3) is 10.9 Å². The van der Waals surface area contributed by atoms with Crippen molar-refractivity contribution in [2.24, 2.45) is 7.05 Å². The van der Waals surface area contributed by atoms with Gasteiger partial charge in [0.15, 0.2) is 0 Å². The molecule has 0 radical (unpaired) electrons. The summed E-state index contributed by atoms with van der Waals surface area (Å²) in [5, 5.41) is 7.46. The van der Waals surface area contributed by atoms with Crippen LogP contribution in [0.15, 0.2) is 53.3 Å². The number of nitrogens with zero attached hydrogens (tertiary/aromatic N) is 3. The van der Waals surface area contributed by atoms with Gasteiger partial charge >= 0.3 is 0 Å². The van der Waals surface area contributed by atoms with Crippen molar-refractivity contribution in [1.29, 1.82) is 0 Å². The summed E-state index contributed by atoms with van der Waals surface area (Å²) in [4.78, 5) is 21.0. The molecule has 7 nitrogen and oxygen atoms in total. The van der Waals surface area contributed by atoms with Crippen LogP contribution < -0.4 is 20.9 Å². The molecule has 4 atom stereocenters. The third-order valence-electron chi connectivity index (χ3n) is 7.08. The van der Waals surface area contributed by atoms with Crippen LogP contribution in [0, 0.1) is 0 Å². The molecule has 2 N–H and O–H groups in total. The van der Waals surface area contributed by atoms with Crippen LogP contribution in [0.3, 0.4) is 0 Å². The summed E-state index contributed by atoms with van der Waals surface area (Å²) < 4.78 is 8.22. The molecule has 0 aliphatic carbocycles. The molecule has 0 spiro atoms. The summed E-state index contributed by atoms with van der Waals surface area (Å²) in [5.41, 5.74) is 1.83. The largest absolute Gasteiger partial charge is 0.486 e. The molecule has 3 aromatic rings. The van der Waals surface area contributed by atoms with Gasteiger partial charge in [0, 0.05) is 44.7 Å². The first kappa shape index (κ1) is 26.3. The second-order valence-corrected chi connectivity index (χ2v) is 10.1. The average Bonchev–Trinajstić information content (AvgIpc) is 2.87. The van der Waals surface area contributed by atoms with Crippen LogP contribution in [0.1, 0.15) is 63.6 Å². The minimum atomic E-state index is -0.0845. The van der Waals surface area contributed by atoms with Gasteiger partial charge in [-0.25, -0.2) is 4.98 Å². The maximum absolute atomic E-state index is 13.4. The zero-order chi connectivity index (χ0) is 25.7. The smallest absolute Gasteiger partial charge is 0.261 e. The Hall–Kier alpha value is -2.74. The van der Waals surface area contributed by atoms with Crippen molar-refractivity contribution in [1.82, 2.24) is 25.1 Å². The number of rotatable bonds is 10. The summed E-state index contributed by atoms with van der Waals surface area (Å²) in [5.74, 6) is 1.57. The maximum atomic E-state index is 13.4. The lowest BCUT2D eigenvalue weighted by Gasteiger charge is -2.41. The Kier molecular flexibility index (Phi) is 8.77. The summed E-state index contributed by atoms with van der Waals surface area (Å²) in [6, 6.07) is 16.9. The van der Waals surface area contributed by atoms with Gasteiger partial charge in [-0.3, -0.25) is 14.3 Å². The monoisotopic (exact) mass is 491 g/mol. The van der Waals surface area contributed by atoms with E-state index in [0.29, 0.717) is 23.0 Å². The molecule has 4 rings (SSSR count). The van der Waals surface area contributed by atoms with Crippen LogP contribution >= 0.6 is 0 Å². The summed E-state index contributed by atoms with van der Waals surface area (Å²) in [6.45, 7) is 9.36. The zero-order valence-corrected chi connectivity index (χ0v) is 22.3.